The average Bonchev–Trinajstić information content (AvgIpc) is 3.42. The predicted octanol–water partition coefficient (Wildman–Crippen LogP) is 11.4. The fourth-order valence-corrected chi connectivity index (χ4v) is 8.90. The minimum Gasteiger partial charge on any atom is -0.488 e. The Morgan fingerprint density at radius 3 is 2.63 bits per heavy atom. The lowest BCUT2D eigenvalue weighted by molar-refractivity contribution is 0.193. The van der Waals surface area contributed by atoms with Gasteiger partial charge in [0.15, 0.2) is 0 Å². The van der Waals surface area contributed by atoms with Crippen molar-refractivity contribution in [3.8, 4) is 39.3 Å². The predicted molar refractivity (Wildman–Crippen MR) is 194 cm³/mol. The van der Waals surface area contributed by atoms with Gasteiger partial charge in [0.25, 0.3) is 0 Å². The molecule has 2 aliphatic heterocycles. The third-order valence-electron chi connectivity index (χ3n) is 10.0. The van der Waals surface area contributed by atoms with Crippen LogP contribution in [0, 0.1) is 5.92 Å². The Labute approximate surface area is 275 Å². The molecular weight excluding hydrogens is 579 g/mol. The van der Waals surface area contributed by atoms with E-state index in [9.17, 15) is 0 Å². The zero-order valence-corrected chi connectivity index (χ0v) is 26.8. The second-order valence-corrected chi connectivity index (χ2v) is 14.1. The highest BCUT2D eigenvalue weighted by Crippen LogP contribution is 2.49. The molecule has 3 heterocycles. The Morgan fingerprint density at radius 1 is 0.804 bits per heavy atom. The summed E-state index contributed by atoms with van der Waals surface area (Å²) in [5, 5.41) is 2.39. The Kier molecular flexibility index (Phi) is 6.82. The van der Waals surface area contributed by atoms with Crippen LogP contribution in [-0.4, -0.2) is 16.8 Å². The van der Waals surface area contributed by atoms with E-state index in [-0.39, 0.29) is 12.0 Å². The van der Waals surface area contributed by atoms with E-state index in [0.717, 1.165) is 29.8 Å². The summed E-state index contributed by atoms with van der Waals surface area (Å²) in [7, 11) is 0. The van der Waals surface area contributed by atoms with Crippen LogP contribution in [0.1, 0.15) is 43.2 Å². The molecule has 1 aromatic heterocycles. The van der Waals surface area contributed by atoms with Gasteiger partial charge in [-0.1, -0.05) is 104 Å². The summed E-state index contributed by atoms with van der Waals surface area (Å²) in [4.78, 5) is 6.33. The SMILES string of the molecule is CC1C=CC=C(c2cc(-c3nccc4ccccc34)ccc2-c2ccc3c(c2)-c2ccccc2C2C=C4SCCC4=CCC2O3)C1. The minimum absolute atomic E-state index is 0.0863. The second kappa shape index (κ2) is 11.3. The Morgan fingerprint density at radius 2 is 1.67 bits per heavy atom. The van der Waals surface area contributed by atoms with Gasteiger partial charge < -0.3 is 4.74 Å². The number of hydrogen-bond acceptors (Lipinski definition) is 3. The van der Waals surface area contributed by atoms with Crippen molar-refractivity contribution >= 4 is 28.1 Å². The summed E-state index contributed by atoms with van der Waals surface area (Å²) < 4.78 is 6.93. The van der Waals surface area contributed by atoms with Crippen molar-refractivity contribution in [1.29, 1.82) is 0 Å². The average molecular weight is 614 g/mol. The summed E-state index contributed by atoms with van der Waals surface area (Å²) in [5.41, 5.74) is 12.6. The first-order valence-electron chi connectivity index (χ1n) is 16.5. The van der Waals surface area contributed by atoms with E-state index in [1.54, 1.807) is 0 Å². The summed E-state index contributed by atoms with van der Waals surface area (Å²) in [6.07, 6.45) is 16.9. The summed E-state index contributed by atoms with van der Waals surface area (Å²) >= 11 is 2.00. The summed E-state index contributed by atoms with van der Waals surface area (Å²) in [6.45, 7) is 2.30. The van der Waals surface area contributed by atoms with Crippen LogP contribution in [0.3, 0.4) is 0 Å². The van der Waals surface area contributed by atoms with Crippen molar-refractivity contribution in [3.05, 3.63) is 149 Å². The molecule has 0 N–H and O–H groups in total. The molecule has 4 aromatic carbocycles. The van der Waals surface area contributed by atoms with E-state index in [4.69, 9.17) is 9.72 Å². The monoisotopic (exact) mass is 613 g/mol. The second-order valence-electron chi connectivity index (χ2n) is 13.0. The van der Waals surface area contributed by atoms with E-state index in [1.165, 1.54) is 72.4 Å². The Bertz CT molecular complexity index is 2140. The number of pyridine rings is 1. The van der Waals surface area contributed by atoms with Crippen molar-refractivity contribution < 1.29 is 4.74 Å². The summed E-state index contributed by atoms with van der Waals surface area (Å²) in [6, 6.07) is 33.4. The lowest BCUT2D eigenvalue weighted by Crippen LogP contribution is -2.22. The van der Waals surface area contributed by atoms with Gasteiger partial charge in [0.1, 0.15) is 11.9 Å². The van der Waals surface area contributed by atoms with Gasteiger partial charge in [0.05, 0.1) is 5.69 Å². The first-order valence-corrected chi connectivity index (χ1v) is 17.5. The Hall–Kier alpha value is -4.60. The molecule has 5 aromatic rings. The third kappa shape index (κ3) is 4.77. The molecule has 3 atom stereocenters. The van der Waals surface area contributed by atoms with Gasteiger partial charge in [0.2, 0.25) is 0 Å². The fourth-order valence-electron chi connectivity index (χ4n) is 7.74. The van der Waals surface area contributed by atoms with Crippen molar-refractivity contribution in [3.63, 3.8) is 0 Å². The lowest BCUT2D eigenvalue weighted by Gasteiger charge is -2.23. The number of allylic oxidation sites excluding steroid dienone is 5. The van der Waals surface area contributed by atoms with Gasteiger partial charge in [-0.25, -0.2) is 0 Å². The topological polar surface area (TPSA) is 22.1 Å². The number of ether oxygens (including phenoxy) is 1. The zero-order chi connectivity index (χ0) is 30.6. The van der Waals surface area contributed by atoms with Gasteiger partial charge in [-0.05, 0) is 87.4 Å². The molecule has 1 fully saturated rings. The smallest absolute Gasteiger partial charge is 0.127 e. The maximum absolute atomic E-state index is 6.93. The maximum atomic E-state index is 6.93. The quantitative estimate of drug-likeness (QED) is 0.202. The van der Waals surface area contributed by atoms with Crippen LogP contribution in [-0.2, 0) is 0 Å². The van der Waals surface area contributed by atoms with Gasteiger partial charge in [0, 0.05) is 45.7 Å². The standard InChI is InChI=1S/C43H35NOS/c1-27-7-6-9-30(23-27)37-25-32(43-34-10-3-2-8-28(34)19-21-44-43)13-16-33(37)31-15-18-40-38(24-31)35-11-4-5-12-36(35)39-26-42-29(20-22-46-42)14-17-41(39)45-40/h2-16,18-19,21,24-27,39,41H,17,20,22-23H2,1H3. The van der Waals surface area contributed by atoms with Crippen LogP contribution < -0.4 is 4.74 Å². The minimum atomic E-state index is 0.0863. The van der Waals surface area contributed by atoms with Gasteiger partial charge in [-0.2, -0.15) is 0 Å². The molecule has 2 nitrogen and oxygen atoms in total. The van der Waals surface area contributed by atoms with Crippen molar-refractivity contribution in [1.82, 2.24) is 4.98 Å². The van der Waals surface area contributed by atoms with Gasteiger partial charge >= 0.3 is 0 Å². The van der Waals surface area contributed by atoms with Crippen molar-refractivity contribution in [2.75, 3.05) is 5.75 Å². The number of benzene rings is 4. The molecule has 0 spiro atoms. The van der Waals surface area contributed by atoms with E-state index >= 15 is 0 Å². The normalized spacial score (nSPS) is 21.4. The fraction of sp³-hybridized carbons (Fsp3) is 0.186. The van der Waals surface area contributed by atoms with E-state index in [2.05, 4.69) is 128 Å². The molecule has 1 saturated heterocycles. The van der Waals surface area contributed by atoms with Crippen LogP contribution in [0.15, 0.2) is 138 Å². The largest absolute Gasteiger partial charge is 0.488 e. The number of thioether (sulfide) groups is 1. The number of rotatable bonds is 3. The van der Waals surface area contributed by atoms with Crippen molar-refractivity contribution in [2.45, 2.75) is 38.2 Å². The molecule has 2 aliphatic carbocycles. The molecule has 0 saturated carbocycles. The van der Waals surface area contributed by atoms with E-state index < -0.39 is 0 Å². The highest BCUT2D eigenvalue weighted by molar-refractivity contribution is 8.03. The van der Waals surface area contributed by atoms with Crippen LogP contribution >= 0.6 is 11.8 Å². The van der Waals surface area contributed by atoms with Gasteiger partial charge in [-0.3, -0.25) is 4.98 Å². The highest BCUT2D eigenvalue weighted by Gasteiger charge is 2.33. The van der Waals surface area contributed by atoms with Crippen molar-refractivity contribution in [2.24, 2.45) is 5.92 Å². The first-order chi connectivity index (χ1) is 22.7. The molecular formula is C43H35NOS. The lowest BCUT2D eigenvalue weighted by atomic mass is 9.84. The van der Waals surface area contributed by atoms with E-state index in [0.29, 0.717) is 5.92 Å². The molecule has 4 aliphatic rings. The maximum Gasteiger partial charge on any atom is 0.127 e. The molecule has 224 valence electrons. The molecule has 0 radical (unpaired) electrons. The van der Waals surface area contributed by atoms with Crippen LogP contribution in [0.25, 0.3) is 49.9 Å². The molecule has 3 unspecified atom stereocenters. The molecule has 46 heavy (non-hydrogen) atoms. The number of aromatic nitrogens is 1. The van der Waals surface area contributed by atoms with Crippen LogP contribution in [0.2, 0.25) is 0 Å². The molecule has 0 amide bonds. The third-order valence-corrected chi connectivity index (χ3v) is 11.2. The molecule has 0 bridgehead atoms. The number of nitrogens with zero attached hydrogens (tertiary/aromatic N) is 1. The molecule has 3 heteroatoms. The van der Waals surface area contributed by atoms with E-state index in [1.807, 2.05) is 18.0 Å². The zero-order valence-electron chi connectivity index (χ0n) is 25.9. The molecule has 9 rings (SSSR count). The summed E-state index contributed by atoms with van der Waals surface area (Å²) in [5.74, 6) is 2.88. The first kappa shape index (κ1) is 27.7. The highest BCUT2D eigenvalue weighted by atomic mass is 32.2. The number of hydrogen-bond donors (Lipinski definition) is 0. The Balaban J connectivity index is 1.20. The van der Waals surface area contributed by atoms with Crippen LogP contribution in [0.4, 0.5) is 0 Å². The van der Waals surface area contributed by atoms with Crippen LogP contribution in [0.5, 0.6) is 5.75 Å². The van der Waals surface area contributed by atoms with Gasteiger partial charge in [-0.15, -0.1) is 11.8 Å². The number of fused-ring (bicyclic) bond motifs is 7.